The molecule has 4 nitrogen and oxygen atoms in total. The van der Waals surface area contributed by atoms with Crippen molar-refractivity contribution in [3.8, 4) is 22.9 Å². The first-order chi connectivity index (χ1) is 28.2. The Bertz CT molecular complexity index is 3510. The fourth-order valence-electron chi connectivity index (χ4n) is 10.2. The van der Waals surface area contributed by atoms with Crippen LogP contribution >= 0.6 is 0 Å². The zero-order valence-electron chi connectivity index (χ0n) is 33.2. The molecule has 12 rings (SSSR count). The lowest BCUT2D eigenvalue weighted by atomic mass is 9.63. The van der Waals surface area contributed by atoms with E-state index in [0.717, 1.165) is 38.9 Å². The van der Waals surface area contributed by atoms with Crippen molar-refractivity contribution >= 4 is 76.1 Å². The van der Waals surface area contributed by atoms with Crippen LogP contribution in [0.25, 0.3) is 99.0 Å². The summed E-state index contributed by atoms with van der Waals surface area (Å²) in [5.74, 6) is 0.665. The summed E-state index contributed by atoms with van der Waals surface area (Å²) in [4.78, 5) is 10.9. The topological polar surface area (TPSA) is 35.6 Å². The summed E-state index contributed by atoms with van der Waals surface area (Å²) in [6, 6.07) is 57.7. The third kappa shape index (κ3) is 4.69. The Balaban J connectivity index is 1.26. The summed E-state index contributed by atoms with van der Waals surface area (Å²) in [5.41, 5.74) is 11.8. The van der Waals surface area contributed by atoms with Gasteiger partial charge in [0.15, 0.2) is 0 Å². The molecule has 0 N–H and O–H groups in total. The van der Waals surface area contributed by atoms with Gasteiger partial charge in [0, 0.05) is 38.2 Å². The smallest absolute Gasteiger partial charge is 0.235 e. The minimum absolute atomic E-state index is 0.0781. The van der Waals surface area contributed by atoms with E-state index in [0.29, 0.717) is 5.95 Å². The fraction of sp³-hybridized carbons (Fsp3) is 0.148. The molecule has 0 unspecified atom stereocenters. The lowest BCUT2D eigenvalue weighted by molar-refractivity contribution is 0.332. The van der Waals surface area contributed by atoms with Crippen LogP contribution in [0.2, 0.25) is 0 Å². The summed E-state index contributed by atoms with van der Waals surface area (Å²) in [5, 5.41) is 10.9. The number of aromatic nitrogens is 4. The average Bonchev–Trinajstić information content (AvgIpc) is 3.77. The summed E-state index contributed by atoms with van der Waals surface area (Å²) < 4.78 is 4.86. The lowest BCUT2D eigenvalue weighted by Gasteiger charge is -2.42. The van der Waals surface area contributed by atoms with Crippen LogP contribution in [0.5, 0.6) is 0 Å². The highest BCUT2D eigenvalue weighted by molar-refractivity contribution is 6.31. The minimum Gasteiger partial charge on any atom is -0.309 e. The second-order valence-electron chi connectivity index (χ2n) is 17.7. The van der Waals surface area contributed by atoms with Gasteiger partial charge in [0.1, 0.15) is 0 Å². The van der Waals surface area contributed by atoms with E-state index in [-0.39, 0.29) is 10.8 Å². The van der Waals surface area contributed by atoms with Gasteiger partial charge in [-0.25, -0.2) is 9.97 Å². The van der Waals surface area contributed by atoms with Gasteiger partial charge in [-0.05, 0) is 105 Å². The van der Waals surface area contributed by atoms with Gasteiger partial charge < -0.3 is 4.57 Å². The predicted molar refractivity (Wildman–Crippen MR) is 244 cm³/mol. The van der Waals surface area contributed by atoms with Crippen LogP contribution in [0, 0.1) is 0 Å². The van der Waals surface area contributed by atoms with E-state index < -0.39 is 0 Å². The molecule has 0 radical (unpaired) electrons. The second-order valence-corrected chi connectivity index (χ2v) is 17.7. The molecule has 3 aromatic heterocycles. The molecule has 0 fully saturated rings. The highest BCUT2D eigenvalue weighted by Gasteiger charge is 2.38. The van der Waals surface area contributed by atoms with Gasteiger partial charge in [-0.1, -0.05) is 137 Å². The van der Waals surface area contributed by atoms with Crippen molar-refractivity contribution in [3.63, 3.8) is 0 Å². The van der Waals surface area contributed by atoms with Crippen LogP contribution in [0.1, 0.15) is 51.7 Å². The van der Waals surface area contributed by atoms with Crippen molar-refractivity contribution in [3.05, 3.63) is 169 Å². The summed E-state index contributed by atoms with van der Waals surface area (Å²) in [7, 11) is 0. The Morgan fingerprint density at radius 3 is 1.90 bits per heavy atom. The number of para-hydroxylation sites is 2. The Morgan fingerprint density at radius 2 is 1.09 bits per heavy atom. The van der Waals surface area contributed by atoms with E-state index in [1.807, 2.05) is 0 Å². The summed E-state index contributed by atoms with van der Waals surface area (Å²) >= 11 is 0. The van der Waals surface area contributed by atoms with Gasteiger partial charge >= 0.3 is 0 Å². The van der Waals surface area contributed by atoms with Gasteiger partial charge in [-0.15, -0.1) is 0 Å². The maximum Gasteiger partial charge on any atom is 0.235 e. The van der Waals surface area contributed by atoms with Crippen LogP contribution in [0.3, 0.4) is 0 Å². The molecule has 0 saturated carbocycles. The van der Waals surface area contributed by atoms with Crippen LogP contribution in [0.15, 0.2) is 158 Å². The molecule has 3 heterocycles. The molecule has 4 heteroatoms. The molecule has 8 aromatic carbocycles. The van der Waals surface area contributed by atoms with Crippen molar-refractivity contribution in [2.75, 3.05) is 0 Å². The SMILES string of the molecule is CC1(C)CCC(C)(C)c2cc3c(cc21)c1ccc2c(c4c5ccccc5ccc4n2-c2nc(-c4ccc5ccccc5c4)c4ccccc4n2)c1n3-c1ccccc1. The Labute approximate surface area is 337 Å². The average molecular weight is 747 g/mol. The van der Waals surface area contributed by atoms with Gasteiger partial charge in [0.2, 0.25) is 5.95 Å². The van der Waals surface area contributed by atoms with Gasteiger partial charge in [-0.2, -0.15) is 0 Å². The quantitative estimate of drug-likeness (QED) is 0.180. The molecule has 11 aromatic rings. The Hall–Kier alpha value is -6.78. The highest BCUT2D eigenvalue weighted by Crippen LogP contribution is 2.50. The van der Waals surface area contributed by atoms with Gasteiger partial charge in [0.25, 0.3) is 0 Å². The van der Waals surface area contributed by atoms with E-state index in [9.17, 15) is 0 Å². The Morgan fingerprint density at radius 1 is 0.448 bits per heavy atom. The van der Waals surface area contributed by atoms with Crippen LogP contribution in [0.4, 0.5) is 0 Å². The zero-order valence-corrected chi connectivity index (χ0v) is 33.2. The number of nitrogens with zero attached hydrogens (tertiary/aromatic N) is 4. The van der Waals surface area contributed by atoms with E-state index >= 15 is 0 Å². The van der Waals surface area contributed by atoms with Crippen molar-refractivity contribution in [2.45, 2.75) is 51.4 Å². The van der Waals surface area contributed by atoms with Crippen LogP contribution in [-0.4, -0.2) is 19.1 Å². The molecular formula is C54H42N4. The molecule has 0 atom stereocenters. The summed E-state index contributed by atoms with van der Waals surface area (Å²) in [6.07, 6.45) is 2.34. The third-order valence-electron chi connectivity index (χ3n) is 13.3. The Kier molecular flexibility index (Phi) is 6.83. The lowest BCUT2D eigenvalue weighted by Crippen LogP contribution is -2.33. The molecular weight excluding hydrogens is 705 g/mol. The van der Waals surface area contributed by atoms with Crippen molar-refractivity contribution in [1.82, 2.24) is 19.1 Å². The first-order valence-corrected chi connectivity index (χ1v) is 20.6. The molecule has 1 aliphatic rings. The van der Waals surface area contributed by atoms with E-state index in [2.05, 4.69) is 195 Å². The molecule has 0 saturated heterocycles. The monoisotopic (exact) mass is 746 g/mol. The van der Waals surface area contributed by atoms with Crippen LogP contribution in [-0.2, 0) is 10.8 Å². The number of hydrogen-bond acceptors (Lipinski definition) is 2. The number of benzene rings is 8. The highest BCUT2D eigenvalue weighted by atomic mass is 15.2. The maximum atomic E-state index is 5.53. The van der Waals surface area contributed by atoms with Gasteiger partial charge in [0.05, 0.1) is 33.3 Å². The van der Waals surface area contributed by atoms with E-state index in [4.69, 9.17) is 9.97 Å². The molecule has 0 aliphatic heterocycles. The van der Waals surface area contributed by atoms with Crippen molar-refractivity contribution in [1.29, 1.82) is 0 Å². The predicted octanol–water partition coefficient (Wildman–Crippen LogP) is 14.1. The largest absolute Gasteiger partial charge is 0.309 e. The molecule has 278 valence electrons. The second kappa shape index (κ2) is 11.9. The summed E-state index contributed by atoms with van der Waals surface area (Å²) in [6.45, 7) is 9.71. The molecule has 0 spiro atoms. The molecule has 0 amide bonds. The number of rotatable bonds is 3. The minimum atomic E-state index is 0.0781. The maximum absolute atomic E-state index is 5.53. The molecule has 0 bridgehead atoms. The molecule has 58 heavy (non-hydrogen) atoms. The van der Waals surface area contributed by atoms with Crippen molar-refractivity contribution < 1.29 is 0 Å². The first-order valence-electron chi connectivity index (χ1n) is 20.6. The van der Waals surface area contributed by atoms with E-state index in [1.165, 1.54) is 78.1 Å². The van der Waals surface area contributed by atoms with Crippen molar-refractivity contribution in [2.24, 2.45) is 0 Å². The third-order valence-corrected chi connectivity index (χ3v) is 13.3. The number of hydrogen-bond donors (Lipinski definition) is 0. The van der Waals surface area contributed by atoms with E-state index in [1.54, 1.807) is 0 Å². The standard InChI is InChI=1S/C54H42N4/c1-53(2)28-29-54(3,4)43-32-47-41(31-42(43)53)39-25-27-46-49(51(39)57(47)37-17-6-5-7-18-37)48-38-19-11-10-15-34(38)24-26-45(48)58(46)52-55-44-21-13-12-20-40(44)50(56-52)36-23-22-33-14-8-9-16-35(33)30-36/h5-27,30-32H,28-29H2,1-4H3. The normalized spacial score (nSPS) is 15.0. The fourth-order valence-corrected chi connectivity index (χ4v) is 10.2. The molecule has 1 aliphatic carbocycles. The number of fused-ring (bicyclic) bond motifs is 12. The zero-order chi connectivity index (χ0) is 38.9. The first kappa shape index (κ1) is 33.4. The van der Waals surface area contributed by atoms with Gasteiger partial charge in [-0.3, -0.25) is 4.57 Å². The van der Waals surface area contributed by atoms with Crippen LogP contribution < -0.4 is 0 Å².